The first kappa shape index (κ1) is 13.6. The summed E-state index contributed by atoms with van der Waals surface area (Å²) in [5, 5.41) is 15.6. The SMILES string of the molecule is Cc1c(NC(=O)CCC(=O)O)cnn1C1CCCC1. The Morgan fingerprint density at radius 3 is 2.74 bits per heavy atom. The van der Waals surface area contributed by atoms with Crippen molar-refractivity contribution in [2.75, 3.05) is 5.32 Å². The maximum absolute atomic E-state index is 11.6. The zero-order chi connectivity index (χ0) is 13.8. The lowest BCUT2D eigenvalue weighted by Gasteiger charge is -2.12. The number of aliphatic carboxylic acids is 1. The minimum absolute atomic E-state index is 0.0105. The van der Waals surface area contributed by atoms with Crippen molar-refractivity contribution in [1.82, 2.24) is 9.78 Å². The summed E-state index contributed by atoms with van der Waals surface area (Å²) in [5.74, 6) is -1.25. The number of carbonyl (C=O) groups is 2. The van der Waals surface area contributed by atoms with E-state index in [2.05, 4.69) is 10.4 Å². The van der Waals surface area contributed by atoms with Gasteiger partial charge in [0, 0.05) is 6.42 Å². The Bertz CT molecular complexity index is 475. The Kier molecular flexibility index (Phi) is 4.19. The predicted molar refractivity (Wildman–Crippen MR) is 70.0 cm³/mol. The van der Waals surface area contributed by atoms with Crippen molar-refractivity contribution in [3.05, 3.63) is 11.9 Å². The van der Waals surface area contributed by atoms with Crippen LogP contribution in [0.25, 0.3) is 0 Å². The van der Waals surface area contributed by atoms with Crippen molar-refractivity contribution in [1.29, 1.82) is 0 Å². The van der Waals surface area contributed by atoms with Gasteiger partial charge in [0.2, 0.25) is 5.91 Å². The van der Waals surface area contributed by atoms with E-state index in [-0.39, 0.29) is 18.7 Å². The zero-order valence-electron chi connectivity index (χ0n) is 11.1. The summed E-state index contributed by atoms with van der Waals surface area (Å²) in [7, 11) is 0. The monoisotopic (exact) mass is 265 g/mol. The van der Waals surface area contributed by atoms with Gasteiger partial charge in [-0.3, -0.25) is 14.3 Å². The molecule has 1 aromatic rings. The van der Waals surface area contributed by atoms with Crippen LogP contribution in [0, 0.1) is 6.92 Å². The molecule has 2 rings (SSSR count). The lowest BCUT2D eigenvalue weighted by Crippen LogP contribution is -2.14. The van der Waals surface area contributed by atoms with E-state index in [0.29, 0.717) is 11.7 Å². The van der Waals surface area contributed by atoms with Crippen LogP contribution >= 0.6 is 0 Å². The van der Waals surface area contributed by atoms with E-state index >= 15 is 0 Å². The van der Waals surface area contributed by atoms with Crippen LogP contribution in [-0.2, 0) is 9.59 Å². The molecule has 1 aliphatic rings. The summed E-state index contributed by atoms with van der Waals surface area (Å²) >= 11 is 0. The summed E-state index contributed by atoms with van der Waals surface area (Å²) in [6.07, 6.45) is 6.20. The number of anilines is 1. The van der Waals surface area contributed by atoms with Crippen molar-refractivity contribution in [3.63, 3.8) is 0 Å². The van der Waals surface area contributed by atoms with Crippen LogP contribution in [0.3, 0.4) is 0 Å². The molecular formula is C13H19N3O3. The first-order chi connectivity index (χ1) is 9.08. The number of carboxylic acids is 1. The second-order valence-corrected chi connectivity index (χ2v) is 4.97. The lowest BCUT2D eigenvalue weighted by molar-refractivity contribution is -0.138. The van der Waals surface area contributed by atoms with Crippen LogP contribution in [0.2, 0.25) is 0 Å². The van der Waals surface area contributed by atoms with Crippen molar-refractivity contribution in [3.8, 4) is 0 Å². The van der Waals surface area contributed by atoms with Crippen molar-refractivity contribution >= 4 is 17.6 Å². The van der Waals surface area contributed by atoms with E-state index in [1.54, 1.807) is 6.20 Å². The Hall–Kier alpha value is -1.85. The highest BCUT2D eigenvalue weighted by Crippen LogP contribution is 2.31. The molecule has 0 atom stereocenters. The number of rotatable bonds is 5. The molecule has 1 fully saturated rings. The molecule has 2 N–H and O–H groups in total. The Balaban J connectivity index is 1.97. The quantitative estimate of drug-likeness (QED) is 0.854. The first-order valence-electron chi connectivity index (χ1n) is 6.63. The molecule has 0 aromatic carbocycles. The Morgan fingerprint density at radius 1 is 1.42 bits per heavy atom. The van der Waals surface area contributed by atoms with Gasteiger partial charge in [-0.25, -0.2) is 0 Å². The third-order valence-corrected chi connectivity index (χ3v) is 3.56. The Morgan fingerprint density at radius 2 is 2.11 bits per heavy atom. The van der Waals surface area contributed by atoms with Crippen LogP contribution in [0.4, 0.5) is 5.69 Å². The predicted octanol–water partition coefficient (Wildman–Crippen LogP) is 2.11. The minimum atomic E-state index is -0.964. The van der Waals surface area contributed by atoms with Gasteiger partial charge in [-0.15, -0.1) is 0 Å². The number of aromatic nitrogens is 2. The molecule has 0 unspecified atom stereocenters. The lowest BCUT2D eigenvalue weighted by atomic mass is 10.2. The summed E-state index contributed by atoms with van der Waals surface area (Å²) in [5.41, 5.74) is 1.62. The summed E-state index contributed by atoms with van der Waals surface area (Å²) < 4.78 is 1.97. The second-order valence-electron chi connectivity index (χ2n) is 4.97. The van der Waals surface area contributed by atoms with Crippen LogP contribution in [0.1, 0.15) is 50.3 Å². The maximum atomic E-state index is 11.6. The molecule has 1 heterocycles. The van der Waals surface area contributed by atoms with Crippen molar-refractivity contribution < 1.29 is 14.7 Å². The number of amides is 1. The molecule has 19 heavy (non-hydrogen) atoms. The van der Waals surface area contributed by atoms with Crippen molar-refractivity contribution in [2.45, 2.75) is 51.5 Å². The highest BCUT2D eigenvalue weighted by Gasteiger charge is 2.20. The molecular weight excluding hydrogens is 246 g/mol. The fourth-order valence-corrected chi connectivity index (χ4v) is 2.50. The second kappa shape index (κ2) is 5.86. The third kappa shape index (κ3) is 3.33. The van der Waals surface area contributed by atoms with Crippen LogP contribution in [0.15, 0.2) is 6.20 Å². The first-order valence-corrected chi connectivity index (χ1v) is 6.63. The van der Waals surface area contributed by atoms with E-state index in [0.717, 1.165) is 18.5 Å². The zero-order valence-corrected chi connectivity index (χ0v) is 11.1. The molecule has 0 bridgehead atoms. The topological polar surface area (TPSA) is 84.2 Å². The molecule has 6 heteroatoms. The number of carboxylic acid groups (broad SMARTS) is 1. The fourth-order valence-electron chi connectivity index (χ4n) is 2.50. The normalized spacial score (nSPS) is 15.6. The van der Waals surface area contributed by atoms with Gasteiger partial charge in [-0.05, 0) is 19.8 Å². The van der Waals surface area contributed by atoms with Gasteiger partial charge >= 0.3 is 5.97 Å². The molecule has 0 radical (unpaired) electrons. The Labute approximate surface area is 111 Å². The minimum Gasteiger partial charge on any atom is -0.481 e. The van der Waals surface area contributed by atoms with Gasteiger partial charge in [0.25, 0.3) is 0 Å². The molecule has 1 aromatic heterocycles. The summed E-state index contributed by atoms with van der Waals surface area (Å²) in [6.45, 7) is 1.93. The maximum Gasteiger partial charge on any atom is 0.303 e. The number of carbonyl (C=O) groups excluding carboxylic acids is 1. The molecule has 0 spiro atoms. The van der Waals surface area contributed by atoms with E-state index in [1.165, 1.54) is 12.8 Å². The highest BCUT2D eigenvalue weighted by atomic mass is 16.4. The van der Waals surface area contributed by atoms with Gasteiger partial charge in [0.1, 0.15) is 0 Å². The van der Waals surface area contributed by atoms with Crippen LogP contribution in [-0.4, -0.2) is 26.8 Å². The average molecular weight is 265 g/mol. The van der Waals surface area contributed by atoms with E-state index in [4.69, 9.17) is 5.11 Å². The molecule has 0 aliphatic heterocycles. The van der Waals surface area contributed by atoms with Gasteiger partial charge < -0.3 is 10.4 Å². The van der Waals surface area contributed by atoms with Gasteiger partial charge in [-0.1, -0.05) is 12.8 Å². The van der Waals surface area contributed by atoms with Gasteiger partial charge in [0.05, 0.1) is 30.0 Å². The number of nitrogens with zero attached hydrogens (tertiary/aromatic N) is 2. The smallest absolute Gasteiger partial charge is 0.303 e. The van der Waals surface area contributed by atoms with Gasteiger partial charge in [-0.2, -0.15) is 5.10 Å². The number of hydrogen-bond acceptors (Lipinski definition) is 3. The summed E-state index contributed by atoms with van der Waals surface area (Å²) in [4.78, 5) is 22.0. The average Bonchev–Trinajstić information content (AvgIpc) is 2.98. The molecule has 0 saturated heterocycles. The molecule has 1 amide bonds. The molecule has 104 valence electrons. The standard InChI is InChI=1S/C13H19N3O3/c1-9-11(15-12(17)6-7-13(18)19)8-14-16(9)10-4-2-3-5-10/h8,10H,2-7H2,1H3,(H,15,17)(H,18,19). The van der Waals surface area contributed by atoms with E-state index in [1.807, 2.05) is 11.6 Å². The largest absolute Gasteiger partial charge is 0.481 e. The molecule has 1 saturated carbocycles. The number of nitrogens with one attached hydrogen (secondary N) is 1. The third-order valence-electron chi connectivity index (χ3n) is 3.56. The highest BCUT2D eigenvalue weighted by molar-refractivity contribution is 5.92. The summed E-state index contributed by atoms with van der Waals surface area (Å²) in [6, 6.07) is 0.435. The van der Waals surface area contributed by atoms with E-state index < -0.39 is 5.97 Å². The molecule has 1 aliphatic carbocycles. The fraction of sp³-hybridized carbons (Fsp3) is 0.615. The number of hydrogen-bond donors (Lipinski definition) is 2. The van der Waals surface area contributed by atoms with Crippen LogP contribution in [0.5, 0.6) is 0 Å². The van der Waals surface area contributed by atoms with Crippen LogP contribution < -0.4 is 5.32 Å². The van der Waals surface area contributed by atoms with E-state index in [9.17, 15) is 9.59 Å². The van der Waals surface area contributed by atoms with Crippen molar-refractivity contribution in [2.24, 2.45) is 0 Å². The molecule has 6 nitrogen and oxygen atoms in total. The van der Waals surface area contributed by atoms with Gasteiger partial charge in [0.15, 0.2) is 0 Å².